The van der Waals surface area contributed by atoms with Crippen molar-refractivity contribution < 1.29 is 9.13 Å². The first-order chi connectivity index (χ1) is 8.56. The van der Waals surface area contributed by atoms with E-state index in [2.05, 4.69) is 5.32 Å². The van der Waals surface area contributed by atoms with Gasteiger partial charge in [-0.1, -0.05) is 11.6 Å². The molecule has 4 heteroatoms. The molecule has 0 spiro atoms. The highest BCUT2D eigenvalue weighted by Gasteiger charge is 2.12. The molecule has 0 bridgehead atoms. The number of likely N-dealkylation sites (N-methyl/N-ethyl adjacent to an activating group) is 1. The van der Waals surface area contributed by atoms with Gasteiger partial charge in [-0.05, 0) is 57.0 Å². The first-order valence-electron chi connectivity index (χ1n) is 6.20. The molecular formula is C14H21ClFNO. The second-order valence-corrected chi connectivity index (χ2v) is 4.99. The molecule has 1 aromatic carbocycles. The second-order valence-electron chi connectivity index (χ2n) is 4.55. The molecule has 2 unspecified atom stereocenters. The van der Waals surface area contributed by atoms with Gasteiger partial charge in [0.1, 0.15) is 5.82 Å². The molecule has 0 saturated carbocycles. The van der Waals surface area contributed by atoms with Gasteiger partial charge in [0.15, 0.2) is 0 Å². The number of nitrogens with one attached hydrogen (secondary N) is 1. The van der Waals surface area contributed by atoms with E-state index in [0.29, 0.717) is 17.0 Å². The van der Waals surface area contributed by atoms with Gasteiger partial charge in [0, 0.05) is 18.2 Å². The van der Waals surface area contributed by atoms with E-state index in [0.717, 1.165) is 12.8 Å². The van der Waals surface area contributed by atoms with Crippen molar-refractivity contribution in [3.8, 4) is 0 Å². The van der Waals surface area contributed by atoms with E-state index >= 15 is 0 Å². The average molecular weight is 274 g/mol. The van der Waals surface area contributed by atoms with Gasteiger partial charge in [-0.25, -0.2) is 4.39 Å². The molecule has 0 heterocycles. The number of methoxy groups -OCH3 is 1. The minimum Gasteiger partial charge on any atom is -0.382 e. The van der Waals surface area contributed by atoms with Gasteiger partial charge in [0.25, 0.3) is 0 Å². The predicted octanol–water partition coefficient (Wildman–Crippen LogP) is 3.42. The van der Waals surface area contributed by atoms with Crippen LogP contribution in [0.3, 0.4) is 0 Å². The summed E-state index contributed by atoms with van der Waals surface area (Å²) in [6.07, 6.45) is 2.76. The van der Waals surface area contributed by atoms with Gasteiger partial charge in [-0.3, -0.25) is 0 Å². The molecule has 102 valence electrons. The molecule has 18 heavy (non-hydrogen) atoms. The van der Waals surface area contributed by atoms with Crippen LogP contribution in [0.2, 0.25) is 5.02 Å². The van der Waals surface area contributed by atoms with Crippen LogP contribution < -0.4 is 5.32 Å². The van der Waals surface area contributed by atoms with E-state index in [1.807, 2.05) is 14.0 Å². The molecule has 2 nitrogen and oxygen atoms in total. The van der Waals surface area contributed by atoms with Crippen molar-refractivity contribution in [3.05, 3.63) is 34.6 Å². The van der Waals surface area contributed by atoms with E-state index in [9.17, 15) is 4.39 Å². The molecule has 0 amide bonds. The topological polar surface area (TPSA) is 21.3 Å². The highest BCUT2D eigenvalue weighted by atomic mass is 35.5. The van der Waals surface area contributed by atoms with Gasteiger partial charge in [0.05, 0.1) is 6.10 Å². The second kappa shape index (κ2) is 7.72. The fourth-order valence-corrected chi connectivity index (χ4v) is 2.06. The Kier molecular flexibility index (Phi) is 6.61. The van der Waals surface area contributed by atoms with Crippen LogP contribution >= 0.6 is 11.6 Å². The van der Waals surface area contributed by atoms with Crippen LogP contribution in [0.4, 0.5) is 4.39 Å². The third kappa shape index (κ3) is 4.92. The smallest absolute Gasteiger partial charge is 0.126 e. The van der Waals surface area contributed by atoms with Crippen molar-refractivity contribution in [2.45, 2.75) is 38.3 Å². The first kappa shape index (κ1) is 15.4. The van der Waals surface area contributed by atoms with Crippen LogP contribution in [0, 0.1) is 5.82 Å². The van der Waals surface area contributed by atoms with Gasteiger partial charge in [-0.15, -0.1) is 0 Å². The Balaban J connectivity index is 2.59. The zero-order chi connectivity index (χ0) is 13.5. The summed E-state index contributed by atoms with van der Waals surface area (Å²) in [6.45, 7) is 2.03. The van der Waals surface area contributed by atoms with Gasteiger partial charge >= 0.3 is 0 Å². The molecule has 1 aromatic rings. The van der Waals surface area contributed by atoms with Crippen LogP contribution in [0.25, 0.3) is 0 Å². The summed E-state index contributed by atoms with van der Waals surface area (Å²) >= 11 is 5.89. The molecule has 0 radical (unpaired) electrons. The van der Waals surface area contributed by atoms with Crippen LogP contribution in [0.15, 0.2) is 18.2 Å². The van der Waals surface area contributed by atoms with Crippen molar-refractivity contribution >= 4 is 11.6 Å². The van der Waals surface area contributed by atoms with E-state index in [1.54, 1.807) is 19.2 Å². The largest absolute Gasteiger partial charge is 0.382 e. The third-order valence-electron chi connectivity index (χ3n) is 3.21. The van der Waals surface area contributed by atoms with Gasteiger partial charge in [-0.2, -0.15) is 0 Å². The van der Waals surface area contributed by atoms with E-state index in [1.165, 1.54) is 6.07 Å². The molecule has 0 saturated heterocycles. The number of benzene rings is 1. The van der Waals surface area contributed by atoms with Crippen LogP contribution in [0.5, 0.6) is 0 Å². The van der Waals surface area contributed by atoms with Crippen molar-refractivity contribution in [2.24, 2.45) is 0 Å². The Hall–Kier alpha value is -0.640. The normalized spacial score (nSPS) is 14.5. The van der Waals surface area contributed by atoms with Crippen molar-refractivity contribution in [3.63, 3.8) is 0 Å². The summed E-state index contributed by atoms with van der Waals surface area (Å²) in [5, 5.41) is 3.79. The zero-order valence-electron chi connectivity index (χ0n) is 11.2. The first-order valence-corrected chi connectivity index (χ1v) is 6.58. The summed E-state index contributed by atoms with van der Waals surface area (Å²) in [4.78, 5) is 0. The quantitative estimate of drug-likeness (QED) is 0.822. The number of rotatable bonds is 7. The standard InChI is InChI=1S/C14H21ClFNO/c1-10(18-3)4-6-13(17-2)9-11-8-12(15)5-7-14(11)16/h5,7-8,10,13,17H,4,6,9H2,1-3H3. The minimum atomic E-state index is -0.195. The molecule has 0 aliphatic carbocycles. The highest BCUT2D eigenvalue weighted by molar-refractivity contribution is 6.30. The molecule has 0 aromatic heterocycles. The van der Waals surface area contributed by atoms with E-state index < -0.39 is 0 Å². The lowest BCUT2D eigenvalue weighted by Gasteiger charge is -2.18. The molecule has 0 aliphatic heterocycles. The van der Waals surface area contributed by atoms with Crippen LogP contribution in [-0.2, 0) is 11.2 Å². The average Bonchev–Trinajstić information content (AvgIpc) is 2.37. The van der Waals surface area contributed by atoms with Gasteiger partial charge < -0.3 is 10.1 Å². The SMILES string of the molecule is CNC(CCC(C)OC)Cc1cc(Cl)ccc1F. The predicted molar refractivity (Wildman–Crippen MR) is 73.7 cm³/mol. The Labute approximate surface area is 113 Å². The summed E-state index contributed by atoms with van der Waals surface area (Å²) in [5.74, 6) is -0.195. The third-order valence-corrected chi connectivity index (χ3v) is 3.44. The van der Waals surface area contributed by atoms with Crippen molar-refractivity contribution in [1.82, 2.24) is 5.32 Å². The Bertz CT molecular complexity index is 373. The summed E-state index contributed by atoms with van der Waals surface area (Å²) in [6, 6.07) is 4.92. The maximum absolute atomic E-state index is 13.6. The Morgan fingerprint density at radius 2 is 2.11 bits per heavy atom. The van der Waals surface area contributed by atoms with Crippen LogP contribution in [0.1, 0.15) is 25.3 Å². The van der Waals surface area contributed by atoms with Crippen molar-refractivity contribution in [1.29, 1.82) is 0 Å². The lowest BCUT2D eigenvalue weighted by Crippen LogP contribution is -2.29. The Morgan fingerprint density at radius 1 is 1.39 bits per heavy atom. The maximum atomic E-state index is 13.6. The summed E-state index contributed by atoms with van der Waals surface area (Å²) in [7, 11) is 3.60. The summed E-state index contributed by atoms with van der Waals surface area (Å²) < 4.78 is 18.8. The molecular weight excluding hydrogens is 253 g/mol. The van der Waals surface area contributed by atoms with E-state index in [4.69, 9.17) is 16.3 Å². The van der Waals surface area contributed by atoms with Gasteiger partial charge in [0.2, 0.25) is 0 Å². The van der Waals surface area contributed by atoms with Crippen LogP contribution in [-0.4, -0.2) is 26.3 Å². The summed E-state index contributed by atoms with van der Waals surface area (Å²) in [5.41, 5.74) is 0.659. The number of ether oxygens (including phenoxy) is 1. The fraction of sp³-hybridized carbons (Fsp3) is 0.571. The minimum absolute atomic E-state index is 0.195. The Morgan fingerprint density at radius 3 is 2.72 bits per heavy atom. The zero-order valence-corrected chi connectivity index (χ0v) is 11.9. The van der Waals surface area contributed by atoms with Crippen molar-refractivity contribution in [2.75, 3.05) is 14.2 Å². The highest BCUT2D eigenvalue weighted by Crippen LogP contribution is 2.18. The molecule has 0 fully saturated rings. The fourth-order valence-electron chi connectivity index (χ4n) is 1.87. The maximum Gasteiger partial charge on any atom is 0.126 e. The lowest BCUT2D eigenvalue weighted by atomic mass is 10.00. The molecule has 1 N–H and O–H groups in total. The monoisotopic (exact) mass is 273 g/mol. The molecule has 0 aliphatic rings. The number of hydrogen-bond acceptors (Lipinski definition) is 2. The number of halogens is 2. The number of hydrogen-bond donors (Lipinski definition) is 1. The molecule has 2 atom stereocenters. The van der Waals surface area contributed by atoms with E-state index in [-0.39, 0.29) is 18.0 Å². The molecule has 1 rings (SSSR count). The lowest BCUT2D eigenvalue weighted by molar-refractivity contribution is 0.106.